The minimum atomic E-state index is -3.73. The van der Waals surface area contributed by atoms with Gasteiger partial charge in [-0.2, -0.15) is 4.31 Å². The van der Waals surface area contributed by atoms with Crippen LogP contribution in [0.25, 0.3) is 0 Å². The molecule has 176 valence electrons. The molecular formula is C25H25N3O5S. The van der Waals surface area contributed by atoms with Crippen LogP contribution >= 0.6 is 0 Å². The van der Waals surface area contributed by atoms with E-state index in [1.807, 2.05) is 6.07 Å². The quantitative estimate of drug-likeness (QED) is 0.563. The molecule has 0 unspecified atom stereocenters. The minimum absolute atomic E-state index is 0.112. The maximum Gasteiger partial charge on any atom is 0.255 e. The SMILES string of the molecule is Cc1ccc(C(=O)Nc2ccc(NC(=O)c3ccccc3)cc2)cc1S(=O)(=O)N1CCOCC1. The Labute approximate surface area is 198 Å². The number of nitrogens with zero attached hydrogens (tertiary/aromatic N) is 1. The molecule has 34 heavy (non-hydrogen) atoms. The average Bonchev–Trinajstić information content (AvgIpc) is 2.86. The van der Waals surface area contributed by atoms with Crippen molar-refractivity contribution in [3.8, 4) is 0 Å². The molecule has 3 aromatic rings. The standard InChI is InChI=1S/C25H25N3O5S/c1-18-7-8-20(17-23(18)34(31,32)28-13-15-33-16-14-28)25(30)27-22-11-9-21(10-12-22)26-24(29)19-5-3-2-4-6-19/h2-12,17H,13-16H2,1H3,(H,26,29)(H,27,30). The van der Waals surface area contributed by atoms with Crippen molar-refractivity contribution < 1.29 is 22.7 Å². The van der Waals surface area contributed by atoms with Gasteiger partial charge in [0.25, 0.3) is 11.8 Å². The Bertz CT molecular complexity index is 1290. The predicted molar refractivity (Wildman–Crippen MR) is 130 cm³/mol. The molecule has 1 aliphatic rings. The molecule has 1 fully saturated rings. The fourth-order valence-electron chi connectivity index (χ4n) is 3.58. The summed E-state index contributed by atoms with van der Waals surface area (Å²) in [6.07, 6.45) is 0. The van der Waals surface area contributed by atoms with Gasteiger partial charge in [0, 0.05) is 35.6 Å². The van der Waals surface area contributed by atoms with E-state index in [0.29, 0.717) is 35.7 Å². The lowest BCUT2D eigenvalue weighted by molar-refractivity contribution is 0.0730. The zero-order chi connectivity index (χ0) is 24.1. The molecule has 0 aromatic heterocycles. The first-order chi connectivity index (χ1) is 16.3. The molecular weight excluding hydrogens is 454 g/mol. The summed E-state index contributed by atoms with van der Waals surface area (Å²) in [5.74, 6) is -0.662. The summed E-state index contributed by atoms with van der Waals surface area (Å²) in [7, 11) is -3.73. The summed E-state index contributed by atoms with van der Waals surface area (Å²) in [6.45, 7) is 2.97. The number of sulfonamides is 1. The van der Waals surface area contributed by atoms with E-state index in [4.69, 9.17) is 4.74 Å². The highest BCUT2D eigenvalue weighted by atomic mass is 32.2. The Morgan fingerprint density at radius 2 is 1.35 bits per heavy atom. The molecule has 2 N–H and O–H groups in total. The van der Waals surface area contributed by atoms with Gasteiger partial charge in [0.15, 0.2) is 0 Å². The van der Waals surface area contributed by atoms with Crippen molar-refractivity contribution in [3.63, 3.8) is 0 Å². The summed E-state index contributed by atoms with van der Waals surface area (Å²) in [5.41, 5.74) is 2.45. The van der Waals surface area contributed by atoms with Crippen LogP contribution in [0.1, 0.15) is 26.3 Å². The Balaban J connectivity index is 1.45. The number of benzene rings is 3. The number of amides is 2. The van der Waals surface area contributed by atoms with Crippen LogP contribution in [0, 0.1) is 6.92 Å². The van der Waals surface area contributed by atoms with E-state index in [9.17, 15) is 18.0 Å². The third-order valence-electron chi connectivity index (χ3n) is 5.47. The molecule has 1 aliphatic heterocycles. The van der Waals surface area contributed by atoms with Crippen LogP contribution in [0.15, 0.2) is 77.7 Å². The highest BCUT2D eigenvalue weighted by Crippen LogP contribution is 2.23. The molecule has 3 aromatic carbocycles. The van der Waals surface area contributed by atoms with Gasteiger partial charge in [0.2, 0.25) is 10.0 Å². The van der Waals surface area contributed by atoms with E-state index >= 15 is 0 Å². The molecule has 2 amide bonds. The second kappa shape index (κ2) is 10.2. The van der Waals surface area contributed by atoms with Crippen molar-refractivity contribution in [3.05, 3.63) is 89.5 Å². The Hall–Kier alpha value is -3.53. The summed E-state index contributed by atoms with van der Waals surface area (Å²) in [5, 5.41) is 5.57. The van der Waals surface area contributed by atoms with Gasteiger partial charge in [-0.1, -0.05) is 24.3 Å². The zero-order valence-corrected chi connectivity index (χ0v) is 19.5. The van der Waals surface area contributed by atoms with Gasteiger partial charge in [-0.15, -0.1) is 0 Å². The monoisotopic (exact) mass is 479 g/mol. The van der Waals surface area contributed by atoms with Crippen LogP contribution in [-0.2, 0) is 14.8 Å². The van der Waals surface area contributed by atoms with E-state index in [0.717, 1.165) is 0 Å². The molecule has 9 heteroatoms. The summed E-state index contributed by atoms with van der Waals surface area (Å²) >= 11 is 0. The van der Waals surface area contributed by atoms with Gasteiger partial charge < -0.3 is 15.4 Å². The highest BCUT2D eigenvalue weighted by Gasteiger charge is 2.28. The number of aryl methyl sites for hydroxylation is 1. The van der Waals surface area contributed by atoms with E-state index in [-0.39, 0.29) is 29.5 Å². The van der Waals surface area contributed by atoms with Crippen LogP contribution in [0.4, 0.5) is 11.4 Å². The molecule has 8 nitrogen and oxygen atoms in total. The number of ether oxygens (including phenoxy) is 1. The molecule has 0 atom stereocenters. The topological polar surface area (TPSA) is 105 Å². The first-order valence-corrected chi connectivity index (χ1v) is 12.2. The van der Waals surface area contributed by atoms with Crippen LogP contribution in [0.5, 0.6) is 0 Å². The van der Waals surface area contributed by atoms with Gasteiger partial charge in [0.1, 0.15) is 0 Å². The van der Waals surface area contributed by atoms with Gasteiger partial charge in [-0.25, -0.2) is 8.42 Å². The van der Waals surface area contributed by atoms with Gasteiger partial charge in [0.05, 0.1) is 18.1 Å². The molecule has 1 heterocycles. The van der Waals surface area contributed by atoms with Crippen molar-refractivity contribution in [1.29, 1.82) is 0 Å². The first kappa shape index (κ1) is 23.6. The highest BCUT2D eigenvalue weighted by molar-refractivity contribution is 7.89. The van der Waals surface area contributed by atoms with Crippen molar-refractivity contribution in [1.82, 2.24) is 4.31 Å². The van der Waals surface area contributed by atoms with Crippen LogP contribution < -0.4 is 10.6 Å². The van der Waals surface area contributed by atoms with Crippen molar-refractivity contribution in [2.75, 3.05) is 36.9 Å². The lowest BCUT2D eigenvalue weighted by Gasteiger charge is -2.26. The lowest BCUT2D eigenvalue weighted by Crippen LogP contribution is -2.40. The third kappa shape index (κ3) is 5.33. The summed E-state index contributed by atoms with van der Waals surface area (Å²) in [6, 6.07) is 20.2. The number of nitrogens with one attached hydrogen (secondary N) is 2. The summed E-state index contributed by atoms with van der Waals surface area (Å²) < 4.78 is 32.8. The number of carbonyl (C=O) groups is 2. The zero-order valence-electron chi connectivity index (χ0n) is 18.7. The summed E-state index contributed by atoms with van der Waals surface area (Å²) in [4.78, 5) is 25.2. The molecule has 4 rings (SSSR count). The maximum atomic E-state index is 13.1. The molecule has 0 bridgehead atoms. The fraction of sp³-hybridized carbons (Fsp3) is 0.200. The molecule has 0 spiro atoms. The van der Waals surface area contributed by atoms with Crippen molar-refractivity contribution >= 4 is 33.2 Å². The number of anilines is 2. The van der Waals surface area contributed by atoms with E-state index < -0.39 is 15.9 Å². The van der Waals surface area contributed by atoms with Crippen LogP contribution in [0.3, 0.4) is 0 Å². The average molecular weight is 480 g/mol. The number of morpholine rings is 1. The number of hydrogen-bond acceptors (Lipinski definition) is 5. The number of carbonyl (C=O) groups excluding carboxylic acids is 2. The Kier molecular flexibility index (Phi) is 7.06. The fourth-order valence-corrected chi connectivity index (χ4v) is 5.24. The smallest absolute Gasteiger partial charge is 0.255 e. The Morgan fingerprint density at radius 3 is 1.94 bits per heavy atom. The van der Waals surface area contributed by atoms with Crippen molar-refractivity contribution in [2.45, 2.75) is 11.8 Å². The van der Waals surface area contributed by atoms with E-state index in [1.54, 1.807) is 67.6 Å². The largest absolute Gasteiger partial charge is 0.379 e. The van der Waals surface area contributed by atoms with Gasteiger partial charge in [-0.3, -0.25) is 9.59 Å². The second-order valence-corrected chi connectivity index (χ2v) is 9.75. The van der Waals surface area contributed by atoms with Gasteiger partial charge >= 0.3 is 0 Å². The number of rotatable bonds is 6. The van der Waals surface area contributed by atoms with Crippen molar-refractivity contribution in [2.24, 2.45) is 0 Å². The molecule has 0 radical (unpaired) electrons. The first-order valence-electron chi connectivity index (χ1n) is 10.8. The maximum absolute atomic E-state index is 13.1. The molecule has 0 aliphatic carbocycles. The minimum Gasteiger partial charge on any atom is -0.379 e. The van der Waals surface area contributed by atoms with Crippen LogP contribution in [-0.4, -0.2) is 50.8 Å². The third-order valence-corrected chi connectivity index (χ3v) is 7.52. The molecule has 1 saturated heterocycles. The van der Waals surface area contributed by atoms with Gasteiger partial charge in [-0.05, 0) is 61.0 Å². The predicted octanol–water partition coefficient (Wildman–Crippen LogP) is 3.52. The van der Waals surface area contributed by atoms with E-state index in [1.165, 1.54) is 10.4 Å². The van der Waals surface area contributed by atoms with E-state index in [2.05, 4.69) is 10.6 Å². The Morgan fingerprint density at radius 1 is 0.794 bits per heavy atom. The normalized spacial score (nSPS) is 14.4. The van der Waals surface area contributed by atoms with Crippen LogP contribution in [0.2, 0.25) is 0 Å². The number of hydrogen-bond donors (Lipinski definition) is 2. The second-order valence-electron chi connectivity index (χ2n) is 7.85. The molecule has 0 saturated carbocycles. The lowest BCUT2D eigenvalue weighted by atomic mass is 10.1.